The lowest BCUT2D eigenvalue weighted by Crippen LogP contribution is -1.94. The lowest BCUT2D eigenvalue weighted by Gasteiger charge is -2.13. The van der Waals surface area contributed by atoms with E-state index in [0.717, 1.165) is 22.4 Å². The molecule has 0 aliphatic heterocycles. The molecule has 0 saturated carbocycles. The van der Waals surface area contributed by atoms with E-state index in [2.05, 4.69) is 161 Å². The van der Waals surface area contributed by atoms with Crippen molar-refractivity contribution < 1.29 is 0 Å². The maximum Gasteiger partial charge on any atom is 0.137 e. The summed E-state index contributed by atoms with van der Waals surface area (Å²) in [6.45, 7) is 0. The number of para-hydroxylation sites is 2. The highest BCUT2D eigenvalue weighted by molar-refractivity contribution is 6.30. The average Bonchev–Trinajstić information content (AvgIpc) is 3.65. The van der Waals surface area contributed by atoms with Crippen molar-refractivity contribution in [2.75, 3.05) is 0 Å². The highest BCUT2D eigenvalue weighted by Gasteiger charge is 2.17. The standard InChI is InChI=1S/C41H25N3/c1-2-13-30-26(10-1)19-22-34-39(30)35-25-28(20-21-33(35)41-40(34)42-38-18-7-8-23-43(38)41)27-11-9-12-29(24-27)44-36-16-5-3-14-31(36)32-15-4-6-17-37(32)44/h1-25H. The molecule has 3 nitrogen and oxygen atoms in total. The average molecular weight is 560 g/mol. The number of fused-ring (bicyclic) bond motifs is 13. The summed E-state index contributed by atoms with van der Waals surface area (Å²) in [5.74, 6) is 0. The van der Waals surface area contributed by atoms with Gasteiger partial charge in [0, 0.05) is 33.4 Å². The van der Waals surface area contributed by atoms with Crippen LogP contribution in [0.5, 0.6) is 0 Å². The Labute approximate surface area is 252 Å². The van der Waals surface area contributed by atoms with Crippen LogP contribution in [0.4, 0.5) is 0 Å². The van der Waals surface area contributed by atoms with Gasteiger partial charge in [0.05, 0.1) is 22.1 Å². The number of nitrogens with zero attached hydrogens (tertiary/aromatic N) is 3. The van der Waals surface area contributed by atoms with Gasteiger partial charge in [-0.15, -0.1) is 0 Å². The van der Waals surface area contributed by atoms with Gasteiger partial charge in [0.1, 0.15) is 5.65 Å². The largest absolute Gasteiger partial charge is 0.309 e. The van der Waals surface area contributed by atoms with Gasteiger partial charge in [-0.25, -0.2) is 4.98 Å². The minimum absolute atomic E-state index is 0.965. The highest BCUT2D eigenvalue weighted by Crippen LogP contribution is 2.41. The topological polar surface area (TPSA) is 22.2 Å². The quantitative estimate of drug-likeness (QED) is 0.193. The van der Waals surface area contributed by atoms with Gasteiger partial charge in [0.2, 0.25) is 0 Å². The monoisotopic (exact) mass is 559 g/mol. The molecule has 0 aliphatic rings. The number of hydrogen-bond acceptors (Lipinski definition) is 1. The number of aromatic nitrogens is 3. The molecule has 10 rings (SSSR count). The van der Waals surface area contributed by atoms with Gasteiger partial charge in [0.15, 0.2) is 0 Å². The minimum Gasteiger partial charge on any atom is -0.309 e. The summed E-state index contributed by atoms with van der Waals surface area (Å²) in [4.78, 5) is 5.13. The van der Waals surface area contributed by atoms with Crippen molar-refractivity contribution in [3.63, 3.8) is 0 Å². The van der Waals surface area contributed by atoms with Gasteiger partial charge >= 0.3 is 0 Å². The van der Waals surface area contributed by atoms with Crippen LogP contribution in [0, 0.1) is 0 Å². The van der Waals surface area contributed by atoms with Crippen molar-refractivity contribution in [3.8, 4) is 16.8 Å². The molecule has 7 aromatic carbocycles. The zero-order valence-corrected chi connectivity index (χ0v) is 23.8. The number of pyridine rings is 1. The van der Waals surface area contributed by atoms with Crippen molar-refractivity contribution in [2.24, 2.45) is 0 Å². The summed E-state index contributed by atoms with van der Waals surface area (Å²) in [6.07, 6.45) is 2.13. The summed E-state index contributed by atoms with van der Waals surface area (Å²) in [5.41, 5.74) is 9.16. The molecule has 3 heterocycles. The number of hydrogen-bond donors (Lipinski definition) is 0. The van der Waals surface area contributed by atoms with Gasteiger partial charge in [-0.3, -0.25) is 4.40 Å². The molecular formula is C41H25N3. The van der Waals surface area contributed by atoms with E-state index >= 15 is 0 Å². The Morgan fingerprint density at radius 1 is 0.455 bits per heavy atom. The third kappa shape index (κ3) is 3.18. The molecule has 10 aromatic rings. The van der Waals surface area contributed by atoms with Gasteiger partial charge in [-0.05, 0) is 75.1 Å². The maximum atomic E-state index is 5.13. The van der Waals surface area contributed by atoms with Gasteiger partial charge < -0.3 is 4.57 Å². The van der Waals surface area contributed by atoms with E-state index < -0.39 is 0 Å². The van der Waals surface area contributed by atoms with Crippen LogP contribution in [-0.2, 0) is 0 Å². The second-order valence-corrected chi connectivity index (χ2v) is 11.6. The Hall–Kier alpha value is -5.93. The zero-order valence-electron chi connectivity index (χ0n) is 23.8. The van der Waals surface area contributed by atoms with Crippen LogP contribution in [-0.4, -0.2) is 14.0 Å². The molecule has 3 aromatic heterocycles. The second kappa shape index (κ2) is 8.79. The van der Waals surface area contributed by atoms with E-state index in [0.29, 0.717) is 0 Å². The SMILES string of the molecule is c1cc(-c2ccc3c(c2)c2c4ccccc4ccc2c2nc4ccccn4c32)cc(-n2c3ccccc3c3ccccc32)c1. The van der Waals surface area contributed by atoms with Crippen molar-refractivity contribution in [2.45, 2.75) is 0 Å². The lowest BCUT2D eigenvalue weighted by molar-refractivity contribution is 1.18. The molecule has 0 N–H and O–H groups in total. The Morgan fingerprint density at radius 3 is 2.00 bits per heavy atom. The molecule has 0 spiro atoms. The Morgan fingerprint density at radius 2 is 1.16 bits per heavy atom. The Balaban J connectivity index is 1.28. The van der Waals surface area contributed by atoms with Gasteiger partial charge in [-0.2, -0.15) is 0 Å². The van der Waals surface area contributed by atoms with E-state index in [1.54, 1.807) is 0 Å². The van der Waals surface area contributed by atoms with Crippen LogP contribution >= 0.6 is 0 Å². The molecule has 0 saturated heterocycles. The van der Waals surface area contributed by atoms with Crippen molar-refractivity contribution in [1.29, 1.82) is 0 Å². The number of benzene rings is 7. The molecule has 0 atom stereocenters. The molecule has 204 valence electrons. The highest BCUT2D eigenvalue weighted by atomic mass is 15.0. The van der Waals surface area contributed by atoms with Crippen LogP contribution in [0.25, 0.3) is 87.6 Å². The molecule has 0 aliphatic carbocycles. The van der Waals surface area contributed by atoms with Crippen LogP contribution in [0.3, 0.4) is 0 Å². The van der Waals surface area contributed by atoms with E-state index in [1.165, 1.54) is 65.3 Å². The molecule has 3 heteroatoms. The first kappa shape index (κ1) is 23.6. The van der Waals surface area contributed by atoms with E-state index in [4.69, 9.17) is 4.98 Å². The van der Waals surface area contributed by atoms with Crippen LogP contribution in [0.15, 0.2) is 152 Å². The summed E-state index contributed by atoms with van der Waals surface area (Å²) in [5, 5.41) is 9.94. The van der Waals surface area contributed by atoms with E-state index in [9.17, 15) is 0 Å². The summed E-state index contributed by atoms with van der Waals surface area (Å²) < 4.78 is 4.62. The van der Waals surface area contributed by atoms with Crippen LogP contribution in [0.2, 0.25) is 0 Å². The van der Waals surface area contributed by atoms with Crippen molar-refractivity contribution in [3.05, 3.63) is 152 Å². The molecule has 0 amide bonds. The molecule has 44 heavy (non-hydrogen) atoms. The first-order valence-electron chi connectivity index (χ1n) is 15.1. The smallest absolute Gasteiger partial charge is 0.137 e. The summed E-state index contributed by atoms with van der Waals surface area (Å²) >= 11 is 0. The molecular weight excluding hydrogens is 534 g/mol. The molecule has 0 bridgehead atoms. The molecule has 0 fully saturated rings. The number of imidazole rings is 1. The van der Waals surface area contributed by atoms with E-state index in [-0.39, 0.29) is 0 Å². The molecule has 0 radical (unpaired) electrons. The fraction of sp³-hybridized carbons (Fsp3) is 0. The summed E-state index contributed by atoms with van der Waals surface area (Å²) in [7, 11) is 0. The number of rotatable bonds is 2. The normalized spacial score (nSPS) is 12.1. The first-order chi connectivity index (χ1) is 21.8. The second-order valence-electron chi connectivity index (χ2n) is 11.6. The predicted octanol–water partition coefficient (Wildman–Crippen LogP) is 10.7. The van der Waals surface area contributed by atoms with Gasteiger partial charge in [-0.1, -0.05) is 103 Å². The molecule has 0 unspecified atom stereocenters. The fourth-order valence-electron chi connectivity index (χ4n) is 7.36. The lowest BCUT2D eigenvalue weighted by atomic mass is 9.92. The first-order valence-corrected chi connectivity index (χ1v) is 15.1. The van der Waals surface area contributed by atoms with Crippen molar-refractivity contribution in [1.82, 2.24) is 14.0 Å². The van der Waals surface area contributed by atoms with Crippen LogP contribution in [0.1, 0.15) is 0 Å². The predicted molar refractivity (Wildman–Crippen MR) is 185 cm³/mol. The zero-order chi connectivity index (χ0) is 28.8. The Kier molecular flexibility index (Phi) is 4.72. The van der Waals surface area contributed by atoms with E-state index in [1.807, 2.05) is 0 Å². The van der Waals surface area contributed by atoms with Gasteiger partial charge in [0.25, 0.3) is 0 Å². The third-order valence-electron chi connectivity index (χ3n) is 9.28. The third-order valence-corrected chi connectivity index (χ3v) is 9.28. The summed E-state index contributed by atoms with van der Waals surface area (Å²) in [6, 6.07) is 52.7. The minimum atomic E-state index is 0.965. The fourth-order valence-corrected chi connectivity index (χ4v) is 7.36. The van der Waals surface area contributed by atoms with Crippen LogP contribution < -0.4 is 0 Å². The maximum absolute atomic E-state index is 5.13. The Bertz CT molecular complexity index is 2730. The van der Waals surface area contributed by atoms with Crippen molar-refractivity contribution >= 4 is 70.8 Å².